The Morgan fingerprint density at radius 1 is 1.25 bits per heavy atom. The van der Waals surface area contributed by atoms with E-state index in [0.717, 1.165) is 6.42 Å². The Balaban J connectivity index is 2.17. The maximum absolute atomic E-state index is 3.19. The van der Waals surface area contributed by atoms with Gasteiger partial charge in [-0.05, 0) is 29.7 Å². The Bertz CT molecular complexity index is 450. The van der Waals surface area contributed by atoms with E-state index in [4.69, 9.17) is 0 Å². The molecule has 82 valence electrons. The highest BCUT2D eigenvalue weighted by Crippen LogP contribution is 2.21. The third-order valence-corrected chi connectivity index (χ3v) is 2.83. The molecule has 1 heteroatoms. The molecule has 1 aromatic carbocycles. The van der Waals surface area contributed by atoms with E-state index in [1.165, 1.54) is 22.4 Å². The average molecular weight is 211 g/mol. The van der Waals surface area contributed by atoms with Crippen LogP contribution < -0.4 is 5.32 Å². The summed E-state index contributed by atoms with van der Waals surface area (Å²) in [6, 6.07) is 10.5. The minimum atomic E-state index is 1.02. The Kier molecular flexibility index (Phi) is 3.25. The quantitative estimate of drug-likeness (QED) is 0.806. The Labute approximate surface area is 97.2 Å². The van der Waals surface area contributed by atoms with Crippen molar-refractivity contribution in [1.29, 1.82) is 0 Å². The fraction of sp³-hybridized carbons (Fsp3) is 0.200. The summed E-state index contributed by atoms with van der Waals surface area (Å²) >= 11 is 0. The van der Waals surface area contributed by atoms with Crippen LogP contribution in [-0.2, 0) is 0 Å². The summed E-state index contributed by atoms with van der Waals surface area (Å²) < 4.78 is 0. The Morgan fingerprint density at radius 2 is 2.00 bits per heavy atom. The molecule has 1 aromatic rings. The molecule has 0 saturated carbocycles. The molecule has 1 aliphatic carbocycles. The Morgan fingerprint density at radius 3 is 2.62 bits per heavy atom. The molecule has 0 radical (unpaired) electrons. The van der Waals surface area contributed by atoms with Crippen molar-refractivity contribution in [3.05, 3.63) is 65.4 Å². The van der Waals surface area contributed by atoms with E-state index in [1.54, 1.807) is 0 Å². The van der Waals surface area contributed by atoms with Crippen LogP contribution in [0.3, 0.4) is 0 Å². The first-order valence-electron chi connectivity index (χ1n) is 5.62. The minimum absolute atomic E-state index is 1.02. The molecule has 0 fully saturated rings. The van der Waals surface area contributed by atoms with Crippen LogP contribution in [0, 0.1) is 0 Å². The number of hydrogen-bond donors (Lipinski definition) is 1. The lowest BCUT2D eigenvalue weighted by atomic mass is 10.1. The summed E-state index contributed by atoms with van der Waals surface area (Å²) in [6.45, 7) is 2.15. The van der Waals surface area contributed by atoms with Gasteiger partial charge in [-0.3, -0.25) is 0 Å². The van der Waals surface area contributed by atoms with Crippen LogP contribution in [0.25, 0.3) is 5.57 Å². The summed E-state index contributed by atoms with van der Waals surface area (Å²) in [5.41, 5.74) is 5.17. The van der Waals surface area contributed by atoms with Crippen molar-refractivity contribution >= 4 is 5.57 Å². The molecule has 1 nitrogen and oxygen atoms in total. The van der Waals surface area contributed by atoms with E-state index in [-0.39, 0.29) is 0 Å². The van der Waals surface area contributed by atoms with Crippen molar-refractivity contribution in [2.75, 3.05) is 7.05 Å². The highest BCUT2D eigenvalue weighted by Gasteiger charge is 2.03. The summed E-state index contributed by atoms with van der Waals surface area (Å²) in [5.74, 6) is 0. The number of benzene rings is 1. The molecule has 0 atom stereocenters. The second-order valence-electron chi connectivity index (χ2n) is 4.02. The molecule has 1 aliphatic rings. The van der Waals surface area contributed by atoms with Crippen molar-refractivity contribution in [1.82, 2.24) is 5.32 Å². The molecule has 0 bridgehead atoms. The highest BCUT2D eigenvalue weighted by molar-refractivity contribution is 5.67. The topological polar surface area (TPSA) is 12.0 Å². The SMILES string of the molecule is CNC1=CC(/C=C(\C)c2ccccc2)=CC1. The van der Waals surface area contributed by atoms with Crippen LogP contribution in [-0.4, -0.2) is 7.05 Å². The van der Waals surface area contributed by atoms with Gasteiger partial charge in [0.1, 0.15) is 0 Å². The normalized spacial score (nSPS) is 15.8. The molecular weight excluding hydrogens is 194 g/mol. The van der Waals surface area contributed by atoms with Crippen LogP contribution in [0.5, 0.6) is 0 Å². The van der Waals surface area contributed by atoms with Gasteiger partial charge in [-0.15, -0.1) is 0 Å². The molecule has 0 aromatic heterocycles. The second kappa shape index (κ2) is 4.84. The van der Waals surface area contributed by atoms with Gasteiger partial charge in [-0.1, -0.05) is 42.5 Å². The van der Waals surface area contributed by atoms with Gasteiger partial charge < -0.3 is 5.32 Å². The molecule has 0 saturated heterocycles. The van der Waals surface area contributed by atoms with Gasteiger partial charge in [0.05, 0.1) is 0 Å². The molecule has 16 heavy (non-hydrogen) atoms. The van der Waals surface area contributed by atoms with Crippen LogP contribution in [0.15, 0.2) is 59.8 Å². The Hall–Kier alpha value is -1.76. The second-order valence-corrected chi connectivity index (χ2v) is 4.02. The number of allylic oxidation sites excluding steroid dienone is 5. The summed E-state index contributed by atoms with van der Waals surface area (Å²) in [7, 11) is 1.97. The fourth-order valence-electron chi connectivity index (χ4n) is 1.86. The van der Waals surface area contributed by atoms with Crippen molar-refractivity contribution in [2.24, 2.45) is 0 Å². The lowest BCUT2D eigenvalue weighted by molar-refractivity contribution is 0.953. The first-order chi connectivity index (χ1) is 7.79. The van der Waals surface area contributed by atoms with Crippen molar-refractivity contribution in [3.63, 3.8) is 0 Å². The third-order valence-electron chi connectivity index (χ3n) is 2.83. The number of rotatable bonds is 3. The largest absolute Gasteiger partial charge is 0.391 e. The summed E-state index contributed by atoms with van der Waals surface area (Å²) in [5, 5.41) is 3.19. The predicted octanol–water partition coefficient (Wildman–Crippen LogP) is 3.52. The van der Waals surface area contributed by atoms with E-state index in [0.29, 0.717) is 0 Å². The average Bonchev–Trinajstić information content (AvgIpc) is 2.78. The van der Waals surface area contributed by atoms with Crippen molar-refractivity contribution < 1.29 is 0 Å². The summed E-state index contributed by atoms with van der Waals surface area (Å²) in [6.07, 6.45) is 7.70. The predicted molar refractivity (Wildman–Crippen MR) is 69.9 cm³/mol. The van der Waals surface area contributed by atoms with Gasteiger partial charge in [0.2, 0.25) is 0 Å². The highest BCUT2D eigenvalue weighted by atomic mass is 14.8. The van der Waals surface area contributed by atoms with Crippen LogP contribution in [0.1, 0.15) is 18.9 Å². The standard InChI is InChI=1S/C15H17N/c1-12(14-6-4-3-5-7-14)10-13-8-9-15(11-13)16-2/h3-8,10-11,16H,9H2,1-2H3/b12-10+. The number of nitrogens with one attached hydrogen (secondary N) is 1. The van der Waals surface area contributed by atoms with Gasteiger partial charge in [0.15, 0.2) is 0 Å². The first kappa shape index (κ1) is 10.7. The molecule has 1 N–H and O–H groups in total. The first-order valence-corrected chi connectivity index (χ1v) is 5.62. The summed E-state index contributed by atoms with van der Waals surface area (Å²) in [4.78, 5) is 0. The molecule has 0 spiro atoms. The monoisotopic (exact) mass is 211 g/mol. The van der Waals surface area contributed by atoms with E-state index < -0.39 is 0 Å². The zero-order valence-corrected chi connectivity index (χ0v) is 9.83. The maximum atomic E-state index is 3.19. The maximum Gasteiger partial charge on any atom is 0.0148 e. The van der Waals surface area contributed by atoms with Crippen LogP contribution in [0.4, 0.5) is 0 Å². The minimum Gasteiger partial charge on any atom is -0.391 e. The zero-order valence-electron chi connectivity index (χ0n) is 9.83. The molecule has 0 aliphatic heterocycles. The van der Waals surface area contributed by atoms with E-state index in [9.17, 15) is 0 Å². The lowest BCUT2D eigenvalue weighted by Crippen LogP contribution is -2.01. The van der Waals surface area contributed by atoms with Gasteiger partial charge in [-0.2, -0.15) is 0 Å². The van der Waals surface area contributed by atoms with Crippen molar-refractivity contribution in [2.45, 2.75) is 13.3 Å². The van der Waals surface area contributed by atoms with E-state index >= 15 is 0 Å². The number of hydrogen-bond acceptors (Lipinski definition) is 1. The van der Waals surface area contributed by atoms with Crippen LogP contribution >= 0.6 is 0 Å². The molecular formula is C15H17N. The van der Waals surface area contributed by atoms with Crippen molar-refractivity contribution in [3.8, 4) is 0 Å². The lowest BCUT2D eigenvalue weighted by Gasteiger charge is -2.00. The van der Waals surface area contributed by atoms with Gasteiger partial charge >= 0.3 is 0 Å². The molecule has 0 unspecified atom stereocenters. The zero-order chi connectivity index (χ0) is 11.4. The molecule has 0 heterocycles. The smallest absolute Gasteiger partial charge is 0.0148 e. The van der Waals surface area contributed by atoms with E-state index in [2.05, 4.69) is 54.7 Å². The van der Waals surface area contributed by atoms with Gasteiger partial charge in [0.25, 0.3) is 0 Å². The van der Waals surface area contributed by atoms with Crippen LogP contribution in [0.2, 0.25) is 0 Å². The molecule has 2 rings (SSSR count). The van der Waals surface area contributed by atoms with Gasteiger partial charge in [-0.25, -0.2) is 0 Å². The van der Waals surface area contributed by atoms with Gasteiger partial charge in [0, 0.05) is 19.2 Å². The molecule has 0 amide bonds. The van der Waals surface area contributed by atoms with E-state index in [1.807, 2.05) is 13.1 Å². The fourth-order valence-corrected chi connectivity index (χ4v) is 1.86. The third kappa shape index (κ3) is 2.43.